The molecule has 16 heavy (non-hydrogen) atoms. The van der Waals surface area contributed by atoms with Crippen LogP contribution in [0.15, 0.2) is 28.7 Å². The minimum Gasteiger partial charge on any atom is -0.408 e. The molecule has 0 unspecified atom stereocenters. The number of para-hydroxylation sites is 1. The second-order valence-corrected chi connectivity index (χ2v) is 3.29. The lowest BCUT2D eigenvalue weighted by atomic mass is 10.2. The summed E-state index contributed by atoms with van der Waals surface area (Å²) in [5.41, 5.74) is 1.05. The highest BCUT2D eigenvalue weighted by molar-refractivity contribution is 5.85. The molecule has 0 aliphatic carbocycles. The standard InChI is InChI=1S/C10H8N4O.ClH/c1-6-13-14-9(11)7-4-2-3-5-8(7)12-10(14)15-6;/h2-5,11H,1H3;1H. The summed E-state index contributed by atoms with van der Waals surface area (Å²) in [6.07, 6.45) is 0. The number of rotatable bonds is 0. The van der Waals surface area contributed by atoms with Crippen LogP contribution in [0.2, 0.25) is 0 Å². The molecule has 2 aromatic heterocycles. The lowest BCUT2D eigenvalue weighted by Crippen LogP contribution is -2.15. The molecule has 5 nitrogen and oxygen atoms in total. The lowest BCUT2D eigenvalue weighted by Gasteiger charge is -1.96. The molecule has 0 saturated heterocycles. The number of hydrogen-bond acceptors (Lipinski definition) is 4. The monoisotopic (exact) mass is 236 g/mol. The Hall–Kier alpha value is -1.88. The first-order chi connectivity index (χ1) is 7.25. The van der Waals surface area contributed by atoms with E-state index in [0.717, 1.165) is 10.9 Å². The van der Waals surface area contributed by atoms with Gasteiger partial charge in [-0.3, -0.25) is 5.41 Å². The van der Waals surface area contributed by atoms with Crippen molar-refractivity contribution >= 4 is 29.2 Å². The van der Waals surface area contributed by atoms with Crippen molar-refractivity contribution in [1.82, 2.24) is 14.6 Å². The second-order valence-electron chi connectivity index (χ2n) is 3.29. The van der Waals surface area contributed by atoms with Crippen molar-refractivity contribution in [3.63, 3.8) is 0 Å². The zero-order valence-electron chi connectivity index (χ0n) is 8.47. The molecule has 3 rings (SSSR count). The van der Waals surface area contributed by atoms with Crippen LogP contribution in [-0.4, -0.2) is 14.6 Å². The zero-order chi connectivity index (χ0) is 10.4. The van der Waals surface area contributed by atoms with E-state index >= 15 is 0 Å². The number of benzene rings is 1. The second kappa shape index (κ2) is 3.61. The molecule has 0 fully saturated rings. The highest BCUT2D eigenvalue weighted by Gasteiger charge is 2.06. The Kier molecular flexibility index (Phi) is 2.40. The highest BCUT2D eigenvalue weighted by Crippen LogP contribution is 2.08. The van der Waals surface area contributed by atoms with E-state index in [0.29, 0.717) is 17.2 Å². The Morgan fingerprint density at radius 3 is 2.88 bits per heavy atom. The molecule has 0 aliphatic heterocycles. The first kappa shape index (κ1) is 10.6. The van der Waals surface area contributed by atoms with Gasteiger partial charge >= 0.3 is 5.84 Å². The summed E-state index contributed by atoms with van der Waals surface area (Å²) in [5.74, 6) is 0.863. The molecule has 0 aliphatic rings. The highest BCUT2D eigenvalue weighted by atomic mass is 35.5. The summed E-state index contributed by atoms with van der Waals surface area (Å²) in [6, 6.07) is 7.46. The van der Waals surface area contributed by atoms with E-state index in [2.05, 4.69) is 10.1 Å². The molecule has 0 atom stereocenters. The first-order valence-corrected chi connectivity index (χ1v) is 4.55. The third-order valence-corrected chi connectivity index (χ3v) is 2.25. The van der Waals surface area contributed by atoms with Gasteiger partial charge in [-0.1, -0.05) is 12.1 Å². The zero-order valence-corrected chi connectivity index (χ0v) is 9.28. The Labute approximate surface area is 96.6 Å². The summed E-state index contributed by atoms with van der Waals surface area (Å²) >= 11 is 0. The molecule has 1 aromatic carbocycles. The topological polar surface area (TPSA) is 67.2 Å². The van der Waals surface area contributed by atoms with Crippen molar-refractivity contribution in [2.24, 2.45) is 0 Å². The van der Waals surface area contributed by atoms with E-state index in [1.807, 2.05) is 24.3 Å². The van der Waals surface area contributed by atoms with Crippen LogP contribution in [0.25, 0.3) is 16.7 Å². The first-order valence-electron chi connectivity index (χ1n) is 4.55. The van der Waals surface area contributed by atoms with E-state index in [1.54, 1.807) is 6.92 Å². The fraction of sp³-hybridized carbons (Fsp3) is 0.100. The van der Waals surface area contributed by atoms with Crippen molar-refractivity contribution in [3.8, 4) is 0 Å². The van der Waals surface area contributed by atoms with Gasteiger partial charge in [0.25, 0.3) is 0 Å². The molecule has 6 heteroatoms. The summed E-state index contributed by atoms with van der Waals surface area (Å²) in [7, 11) is 0. The van der Waals surface area contributed by atoms with Crippen molar-refractivity contribution in [1.29, 1.82) is 5.41 Å². The molecule has 1 N–H and O–H groups in total. The number of aromatic nitrogens is 3. The van der Waals surface area contributed by atoms with Crippen LogP contribution in [-0.2, 0) is 0 Å². The number of nitrogens with zero attached hydrogens (tertiary/aromatic N) is 3. The molecule has 0 saturated carbocycles. The number of halogens is 1. The molecule has 0 amide bonds. The minimum atomic E-state index is 0. The SMILES string of the molecule is Cc1nn2c(=N)c3ccccc3nc2o1.Cl. The quantitative estimate of drug-likeness (QED) is 0.646. The maximum Gasteiger partial charge on any atom is 0.326 e. The smallest absolute Gasteiger partial charge is 0.326 e. The predicted octanol–water partition coefficient (Wildman–Crippen LogP) is 1.69. The normalized spacial score (nSPS) is 10.6. The van der Waals surface area contributed by atoms with Gasteiger partial charge in [-0.2, -0.15) is 9.50 Å². The maximum atomic E-state index is 7.95. The Morgan fingerprint density at radius 2 is 2.06 bits per heavy atom. The summed E-state index contributed by atoms with van der Waals surface area (Å²) < 4.78 is 6.68. The number of aryl methyl sites for hydroxylation is 1. The van der Waals surface area contributed by atoms with E-state index < -0.39 is 0 Å². The molecular weight excluding hydrogens is 228 g/mol. The molecule has 0 spiro atoms. The summed E-state index contributed by atoms with van der Waals surface area (Å²) in [5, 5.41) is 12.8. The molecule has 3 aromatic rings. The Balaban J connectivity index is 0.000000963. The van der Waals surface area contributed by atoms with Gasteiger partial charge < -0.3 is 4.42 Å². The van der Waals surface area contributed by atoms with Crippen molar-refractivity contribution in [2.75, 3.05) is 0 Å². The largest absolute Gasteiger partial charge is 0.408 e. The van der Waals surface area contributed by atoms with Crippen LogP contribution < -0.4 is 5.49 Å². The van der Waals surface area contributed by atoms with Crippen LogP contribution in [0.1, 0.15) is 5.89 Å². The summed E-state index contributed by atoms with van der Waals surface area (Å²) in [4.78, 5) is 4.27. The Bertz CT molecular complexity index is 715. The fourth-order valence-corrected chi connectivity index (χ4v) is 1.58. The third kappa shape index (κ3) is 1.37. The van der Waals surface area contributed by atoms with Crippen molar-refractivity contribution < 1.29 is 4.42 Å². The van der Waals surface area contributed by atoms with Crippen LogP contribution >= 0.6 is 12.4 Å². The van der Waals surface area contributed by atoms with Crippen molar-refractivity contribution in [3.05, 3.63) is 35.6 Å². The average molecular weight is 237 g/mol. The number of fused-ring (bicyclic) bond motifs is 2. The molecule has 0 radical (unpaired) electrons. The lowest BCUT2D eigenvalue weighted by molar-refractivity contribution is 0.551. The van der Waals surface area contributed by atoms with Gasteiger partial charge in [0, 0.05) is 12.3 Å². The van der Waals surface area contributed by atoms with Gasteiger partial charge in [-0.05, 0) is 12.1 Å². The molecular formula is C10H9ClN4O. The number of nitrogens with one attached hydrogen (secondary N) is 1. The van der Waals surface area contributed by atoms with E-state index in [4.69, 9.17) is 9.83 Å². The van der Waals surface area contributed by atoms with Gasteiger partial charge in [0.05, 0.1) is 5.52 Å². The van der Waals surface area contributed by atoms with E-state index in [-0.39, 0.29) is 12.4 Å². The number of hydrogen-bond donors (Lipinski definition) is 1. The average Bonchev–Trinajstić information content (AvgIpc) is 2.59. The predicted molar refractivity (Wildman–Crippen MR) is 60.6 cm³/mol. The Morgan fingerprint density at radius 1 is 1.31 bits per heavy atom. The van der Waals surface area contributed by atoms with Crippen LogP contribution in [0.4, 0.5) is 0 Å². The maximum absolute atomic E-state index is 7.95. The fourth-order valence-electron chi connectivity index (χ4n) is 1.58. The molecule has 0 bridgehead atoms. The van der Waals surface area contributed by atoms with Gasteiger partial charge in [-0.15, -0.1) is 17.5 Å². The summed E-state index contributed by atoms with van der Waals surface area (Å²) in [6.45, 7) is 1.73. The van der Waals surface area contributed by atoms with Gasteiger partial charge in [0.1, 0.15) is 0 Å². The molecule has 2 heterocycles. The van der Waals surface area contributed by atoms with E-state index in [9.17, 15) is 0 Å². The van der Waals surface area contributed by atoms with Gasteiger partial charge in [0.15, 0.2) is 5.49 Å². The van der Waals surface area contributed by atoms with Gasteiger partial charge in [-0.25, -0.2) is 0 Å². The third-order valence-electron chi connectivity index (χ3n) is 2.25. The minimum absolute atomic E-state index is 0. The van der Waals surface area contributed by atoms with Gasteiger partial charge in [0.2, 0.25) is 5.89 Å². The van der Waals surface area contributed by atoms with E-state index in [1.165, 1.54) is 4.52 Å². The molecule has 82 valence electrons. The van der Waals surface area contributed by atoms with Crippen LogP contribution in [0.5, 0.6) is 0 Å². The van der Waals surface area contributed by atoms with Crippen LogP contribution in [0.3, 0.4) is 0 Å². The van der Waals surface area contributed by atoms with Crippen molar-refractivity contribution in [2.45, 2.75) is 6.92 Å². The van der Waals surface area contributed by atoms with Crippen LogP contribution in [0, 0.1) is 12.3 Å².